The van der Waals surface area contributed by atoms with Gasteiger partial charge in [-0.1, -0.05) is 12.1 Å². The van der Waals surface area contributed by atoms with E-state index in [0.717, 1.165) is 58.9 Å². The maximum atomic E-state index is 5.93. The van der Waals surface area contributed by atoms with E-state index in [1.807, 2.05) is 37.3 Å². The predicted molar refractivity (Wildman–Crippen MR) is 122 cm³/mol. The molecule has 0 saturated heterocycles. The molecule has 2 heterocycles. The number of nitrogens with one attached hydrogen (secondary N) is 2. The van der Waals surface area contributed by atoms with Gasteiger partial charge in [0.25, 0.3) is 0 Å². The quantitative estimate of drug-likeness (QED) is 0.209. The molecule has 0 aliphatic carbocycles. The fourth-order valence-corrected chi connectivity index (χ4v) is 3.41. The standard InChI is InChI=1S/C19H24N4O2S.HI/c1-3-24-12-6-11-21-19(20-2)22-13-14-9-10-16(25-14)18-23-15-7-4-5-8-17(15)26-18;/h4-5,7-10H,3,6,11-13H2,1-2H3,(H2,20,21,22);1H. The first-order valence-corrected chi connectivity index (χ1v) is 9.58. The van der Waals surface area contributed by atoms with E-state index in [2.05, 4.69) is 26.7 Å². The summed E-state index contributed by atoms with van der Waals surface area (Å²) in [6.07, 6.45) is 0.942. The molecule has 0 unspecified atom stereocenters. The van der Waals surface area contributed by atoms with Gasteiger partial charge in [0.1, 0.15) is 5.76 Å². The third kappa shape index (κ3) is 6.18. The molecule has 0 atom stereocenters. The molecular formula is C19H25IN4O2S. The summed E-state index contributed by atoms with van der Waals surface area (Å²) in [5.74, 6) is 2.39. The number of aliphatic imine (C=N–C) groups is 1. The number of furan rings is 1. The molecule has 0 aliphatic rings. The molecule has 27 heavy (non-hydrogen) atoms. The summed E-state index contributed by atoms with van der Waals surface area (Å²) in [7, 11) is 1.76. The molecule has 2 aromatic heterocycles. The van der Waals surface area contributed by atoms with E-state index in [-0.39, 0.29) is 24.0 Å². The number of nitrogens with zero attached hydrogens (tertiary/aromatic N) is 2. The third-order valence-electron chi connectivity index (χ3n) is 3.78. The van der Waals surface area contributed by atoms with Crippen molar-refractivity contribution >= 4 is 51.5 Å². The van der Waals surface area contributed by atoms with Crippen molar-refractivity contribution in [2.45, 2.75) is 19.9 Å². The van der Waals surface area contributed by atoms with E-state index in [4.69, 9.17) is 9.15 Å². The van der Waals surface area contributed by atoms with E-state index in [0.29, 0.717) is 6.54 Å². The Morgan fingerprint density at radius 3 is 2.85 bits per heavy atom. The van der Waals surface area contributed by atoms with Crippen molar-refractivity contribution in [1.29, 1.82) is 0 Å². The normalized spacial score (nSPS) is 11.4. The zero-order valence-electron chi connectivity index (χ0n) is 15.5. The summed E-state index contributed by atoms with van der Waals surface area (Å²) in [5, 5.41) is 7.42. The topological polar surface area (TPSA) is 71.7 Å². The minimum absolute atomic E-state index is 0. The van der Waals surface area contributed by atoms with Crippen molar-refractivity contribution < 1.29 is 9.15 Å². The van der Waals surface area contributed by atoms with E-state index in [1.54, 1.807) is 18.4 Å². The van der Waals surface area contributed by atoms with Crippen LogP contribution < -0.4 is 10.6 Å². The molecule has 8 heteroatoms. The zero-order valence-corrected chi connectivity index (χ0v) is 18.7. The van der Waals surface area contributed by atoms with Gasteiger partial charge in [0.15, 0.2) is 16.7 Å². The molecule has 0 aliphatic heterocycles. The molecule has 2 N–H and O–H groups in total. The molecule has 0 saturated carbocycles. The summed E-state index contributed by atoms with van der Waals surface area (Å²) in [5.41, 5.74) is 1.00. The van der Waals surface area contributed by atoms with Gasteiger partial charge >= 0.3 is 0 Å². The van der Waals surface area contributed by atoms with Crippen molar-refractivity contribution in [3.05, 3.63) is 42.2 Å². The third-order valence-corrected chi connectivity index (χ3v) is 4.83. The molecule has 1 aromatic carbocycles. The Kier molecular flexibility index (Phi) is 9.02. The second kappa shape index (κ2) is 11.3. The van der Waals surface area contributed by atoms with E-state index in [9.17, 15) is 0 Å². The first-order chi connectivity index (χ1) is 12.8. The summed E-state index contributed by atoms with van der Waals surface area (Å²) in [6, 6.07) is 12.0. The number of thiazole rings is 1. The van der Waals surface area contributed by atoms with Gasteiger partial charge in [0.2, 0.25) is 0 Å². The van der Waals surface area contributed by atoms with Gasteiger partial charge in [0, 0.05) is 26.8 Å². The highest BCUT2D eigenvalue weighted by Crippen LogP contribution is 2.30. The lowest BCUT2D eigenvalue weighted by molar-refractivity contribution is 0.145. The number of para-hydroxylation sites is 1. The van der Waals surface area contributed by atoms with Crippen LogP contribution in [0.4, 0.5) is 0 Å². The van der Waals surface area contributed by atoms with Crippen molar-refractivity contribution in [3.8, 4) is 10.8 Å². The second-order valence-electron chi connectivity index (χ2n) is 5.66. The number of hydrogen-bond acceptors (Lipinski definition) is 5. The lowest BCUT2D eigenvalue weighted by atomic mass is 10.3. The number of hydrogen-bond donors (Lipinski definition) is 2. The van der Waals surface area contributed by atoms with Crippen LogP contribution in [0.3, 0.4) is 0 Å². The maximum Gasteiger partial charge on any atom is 0.191 e. The number of guanidine groups is 1. The summed E-state index contributed by atoms with van der Waals surface area (Å²) in [4.78, 5) is 8.85. The van der Waals surface area contributed by atoms with Gasteiger partial charge in [-0.25, -0.2) is 4.98 Å². The summed E-state index contributed by atoms with van der Waals surface area (Å²) < 4.78 is 12.4. The lowest BCUT2D eigenvalue weighted by Crippen LogP contribution is -2.37. The Morgan fingerprint density at radius 2 is 2.07 bits per heavy atom. The molecule has 0 amide bonds. The predicted octanol–water partition coefficient (Wildman–Crippen LogP) is 4.27. The van der Waals surface area contributed by atoms with Gasteiger partial charge in [0.05, 0.1) is 16.8 Å². The Balaban J connectivity index is 0.00000261. The molecule has 0 spiro atoms. The molecule has 0 bridgehead atoms. The zero-order chi connectivity index (χ0) is 18.2. The van der Waals surface area contributed by atoms with Crippen LogP contribution in [0.25, 0.3) is 21.0 Å². The summed E-state index contributed by atoms with van der Waals surface area (Å²) in [6.45, 7) is 4.89. The molecule has 0 radical (unpaired) electrons. The number of ether oxygens (including phenoxy) is 1. The van der Waals surface area contributed by atoms with Crippen LogP contribution in [0.15, 0.2) is 45.8 Å². The van der Waals surface area contributed by atoms with Crippen LogP contribution in [0, 0.1) is 0 Å². The smallest absolute Gasteiger partial charge is 0.191 e. The average molecular weight is 500 g/mol. The molecule has 3 aromatic rings. The molecule has 146 valence electrons. The number of halogens is 1. The largest absolute Gasteiger partial charge is 0.457 e. The van der Waals surface area contributed by atoms with Crippen molar-refractivity contribution in [1.82, 2.24) is 15.6 Å². The van der Waals surface area contributed by atoms with Crippen LogP contribution in [0.1, 0.15) is 19.1 Å². The van der Waals surface area contributed by atoms with E-state index in [1.165, 1.54) is 0 Å². The van der Waals surface area contributed by atoms with E-state index < -0.39 is 0 Å². The maximum absolute atomic E-state index is 5.93. The molecular weight excluding hydrogens is 475 g/mol. The fourth-order valence-electron chi connectivity index (χ4n) is 2.48. The van der Waals surface area contributed by atoms with Gasteiger partial charge < -0.3 is 19.8 Å². The van der Waals surface area contributed by atoms with Crippen LogP contribution in [-0.2, 0) is 11.3 Å². The first-order valence-electron chi connectivity index (χ1n) is 8.77. The monoisotopic (exact) mass is 500 g/mol. The van der Waals surface area contributed by atoms with Gasteiger partial charge in [-0.2, -0.15) is 0 Å². The molecule has 3 rings (SSSR count). The SMILES string of the molecule is CCOCCCNC(=NC)NCc1ccc(-c2nc3ccccc3s2)o1.I. The Bertz CT molecular complexity index is 829. The van der Waals surface area contributed by atoms with Crippen molar-refractivity contribution in [3.63, 3.8) is 0 Å². The second-order valence-corrected chi connectivity index (χ2v) is 6.69. The van der Waals surface area contributed by atoms with Crippen LogP contribution in [-0.4, -0.2) is 37.7 Å². The Hall–Kier alpha value is -1.65. The Labute approximate surface area is 180 Å². The van der Waals surface area contributed by atoms with Crippen LogP contribution in [0.2, 0.25) is 0 Å². The van der Waals surface area contributed by atoms with Crippen molar-refractivity contribution in [2.24, 2.45) is 4.99 Å². The highest BCUT2D eigenvalue weighted by Gasteiger charge is 2.10. The number of rotatable bonds is 8. The van der Waals surface area contributed by atoms with E-state index >= 15 is 0 Å². The number of fused-ring (bicyclic) bond motifs is 1. The lowest BCUT2D eigenvalue weighted by Gasteiger charge is -2.10. The average Bonchev–Trinajstić information content (AvgIpc) is 3.30. The first kappa shape index (κ1) is 21.6. The Morgan fingerprint density at radius 1 is 1.22 bits per heavy atom. The minimum atomic E-state index is 0. The van der Waals surface area contributed by atoms with Gasteiger partial charge in [-0.15, -0.1) is 35.3 Å². The number of benzene rings is 1. The van der Waals surface area contributed by atoms with Crippen LogP contribution in [0.5, 0.6) is 0 Å². The molecule has 0 fully saturated rings. The number of aromatic nitrogens is 1. The minimum Gasteiger partial charge on any atom is -0.457 e. The van der Waals surface area contributed by atoms with Crippen LogP contribution >= 0.6 is 35.3 Å². The van der Waals surface area contributed by atoms with Gasteiger partial charge in [-0.05, 0) is 37.6 Å². The van der Waals surface area contributed by atoms with Gasteiger partial charge in [-0.3, -0.25) is 4.99 Å². The molecule has 6 nitrogen and oxygen atoms in total. The van der Waals surface area contributed by atoms with Crippen molar-refractivity contribution in [2.75, 3.05) is 26.8 Å². The summed E-state index contributed by atoms with van der Waals surface area (Å²) >= 11 is 1.64. The highest BCUT2D eigenvalue weighted by molar-refractivity contribution is 14.0. The highest BCUT2D eigenvalue weighted by atomic mass is 127. The fraction of sp³-hybridized carbons (Fsp3) is 0.368.